The third kappa shape index (κ3) is 5.55. The number of halogens is 2. The molecule has 0 spiro atoms. The third-order valence-electron chi connectivity index (χ3n) is 4.53. The molecule has 1 amide bonds. The van der Waals surface area contributed by atoms with Gasteiger partial charge in [0.1, 0.15) is 5.75 Å². The Morgan fingerprint density at radius 1 is 1.27 bits per heavy atom. The van der Waals surface area contributed by atoms with Crippen molar-refractivity contribution in [3.05, 3.63) is 57.6 Å². The maximum absolute atomic E-state index is 12.6. The molecule has 2 aromatic rings. The number of amides is 1. The van der Waals surface area contributed by atoms with E-state index in [1.807, 2.05) is 13.0 Å². The van der Waals surface area contributed by atoms with Gasteiger partial charge in [-0.05, 0) is 42.3 Å². The first kappa shape index (κ1) is 23.1. The van der Waals surface area contributed by atoms with Crippen molar-refractivity contribution in [2.75, 3.05) is 29.4 Å². The van der Waals surface area contributed by atoms with Gasteiger partial charge in [0.05, 0.1) is 18.5 Å². The molecule has 1 unspecified atom stereocenters. The van der Waals surface area contributed by atoms with Gasteiger partial charge in [-0.1, -0.05) is 35.3 Å². The van der Waals surface area contributed by atoms with Crippen LogP contribution in [0.15, 0.2) is 36.4 Å². The minimum atomic E-state index is -3.55. The predicted molar refractivity (Wildman–Crippen MR) is 123 cm³/mol. The Kier molecular flexibility index (Phi) is 7.44. The highest BCUT2D eigenvalue weighted by molar-refractivity contribution is 7.98. The Hall–Kier alpha value is -1.61. The number of fused-ring (bicyclic) bond motifs is 1. The number of hydrogen-bond donors (Lipinski definition) is 1. The molecule has 30 heavy (non-hydrogen) atoms. The first-order valence-corrected chi connectivity index (χ1v) is 13.0. The number of rotatable bonds is 7. The molecular formula is C20H22Cl2N2O4S2. The van der Waals surface area contributed by atoms with Crippen LogP contribution in [0.2, 0.25) is 10.0 Å². The molecule has 0 fully saturated rings. The first-order valence-electron chi connectivity index (χ1n) is 9.20. The van der Waals surface area contributed by atoms with Gasteiger partial charge >= 0.3 is 0 Å². The van der Waals surface area contributed by atoms with Crippen LogP contribution in [0.3, 0.4) is 0 Å². The zero-order chi connectivity index (χ0) is 21.9. The van der Waals surface area contributed by atoms with Gasteiger partial charge < -0.3 is 10.1 Å². The van der Waals surface area contributed by atoms with E-state index in [2.05, 4.69) is 5.32 Å². The van der Waals surface area contributed by atoms with Crippen molar-refractivity contribution in [3.8, 4) is 5.75 Å². The van der Waals surface area contributed by atoms with Gasteiger partial charge in [0.25, 0.3) is 5.91 Å². The second-order valence-corrected chi connectivity index (χ2v) is 10.7. The minimum absolute atomic E-state index is 0.0660. The number of thioether (sulfide) groups is 1. The number of anilines is 1. The second-order valence-electron chi connectivity index (χ2n) is 6.92. The predicted octanol–water partition coefficient (Wildman–Crippen LogP) is 3.88. The van der Waals surface area contributed by atoms with Crippen LogP contribution in [0.1, 0.15) is 11.1 Å². The second kappa shape index (κ2) is 9.68. The number of nitrogens with one attached hydrogen (secondary N) is 1. The highest BCUT2D eigenvalue weighted by atomic mass is 35.5. The van der Waals surface area contributed by atoms with Gasteiger partial charge in [-0.25, -0.2) is 8.42 Å². The maximum atomic E-state index is 12.6. The Labute approximate surface area is 190 Å². The van der Waals surface area contributed by atoms with Gasteiger partial charge in [-0.3, -0.25) is 9.10 Å². The fourth-order valence-electron chi connectivity index (χ4n) is 3.02. The van der Waals surface area contributed by atoms with E-state index in [4.69, 9.17) is 27.9 Å². The maximum Gasteiger partial charge on any atom is 0.263 e. The molecule has 1 heterocycles. The quantitative estimate of drug-likeness (QED) is 0.598. The van der Waals surface area contributed by atoms with Crippen LogP contribution < -0.4 is 14.4 Å². The van der Waals surface area contributed by atoms with Crippen LogP contribution in [0.4, 0.5) is 5.69 Å². The van der Waals surface area contributed by atoms with E-state index in [9.17, 15) is 13.2 Å². The molecule has 0 aliphatic carbocycles. The summed E-state index contributed by atoms with van der Waals surface area (Å²) in [5.74, 6) is 1.29. The molecule has 0 saturated carbocycles. The first-order chi connectivity index (χ1) is 14.2. The molecule has 0 saturated heterocycles. The Morgan fingerprint density at radius 3 is 2.63 bits per heavy atom. The SMILES string of the molecule is Cc1ccc2c(c1)N(S(C)(=O)=O)CC(C(=O)NCCSCc1c(Cl)cccc1Cl)O2. The van der Waals surface area contributed by atoms with Crippen LogP contribution in [0.25, 0.3) is 0 Å². The molecule has 6 nitrogen and oxygen atoms in total. The van der Waals surface area contributed by atoms with Gasteiger partial charge in [-0.2, -0.15) is 11.8 Å². The molecular weight excluding hydrogens is 467 g/mol. The van der Waals surface area contributed by atoms with Crippen molar-refractivity contribution >= 4 is 56.6 Å². The van der Waals surface area contributed by atoms with Crippen molar-refractivity contribution in [1.82, 2.24) is 5.32 Å². The number of carbonyl (C=O) groups excluding carboxylic acids is 1. The molecule has 0 aromatic heterocycles. The number of nitrogens with zero attached hydrogens (tertiary/aromatic N) is 1. The number of sulfonamides is 1. The molecule has 162 valence electrons. The summed E-state index contributed by atoms with van der Waals surface area (Å²) in [6.45, 7) is 2.21. The third-order valence-corrected chi connectivity index (χ3v) is 7.37. The van der Waals surface area contributed by atoms with Crippen LogP contribution >= 0.6 is 35.0 Å². The lowest BCUT2D eigenvalue weighted by Crippen LogP contribution is -2.50. The summed E-state index contributed by atoms with van der Waals surface area (Å²) < 4.78 is 31.5. The van der Waals surface area contributed by atoms with Crippen LogP contribution in [0.5, 0.6) is 5.75 Å². The fourth-order valence-corrected chi connectivity index (χ4v) is 5.52. The minimum Gasteiger partial charge on any atom is -0.476 e. The molecule has 0 bridgehead atoms. The van der Waals surface area contributed by atoms with E-state index >= 15 is 0 Å². The summed E-state index contributed by atoms with van der Waals surface area (Å²) in [4.78, 5) is 12.6. The number of carbonyl (C=O) groups is 1. The van der Waals surface area contributed by atoms with E-state index < -0.39 is 16.1 Å². The summed E-state index contributed by atoms with van der Waals surface area (Å²) in [5.41, 5.74) is 2.22. The standard InChI is InChI=1S/C20H22Cl2N2O4S2/c1-13-6-7-18-17(10-13)24(30(2,26)27)11-19(28-18)20(25)23-8-9-29-12-14-15(21)4-3-5-16(14)22/h3-7,10,19H,8-9,11-12H2,1-2H3,(H,23,25). The number of benzene rings is 2. The average Bonchev–Trinajstić information content (AvgIpc) is 2.68. The highest BCUT2D eigenvalue weighted by Gasteiger charge is 2.34. The van der Waals surface area contributed by atoms with Crippen LogP contribution in [0, 0.1) is 6.92 Å². The van der Waals surface area contributed by atoms with E-state index in [1.165, 1.54) is 4.31 Å². The number of aryl methyl sites for hydroxylation is 1. The average molecular weight is 489 g/mol. The van der Waals surface area contributed by atoms with Crippen LogP contribution in [-0.4, -0.2) is 45.5 Å². The smallest absolute Gasteiger partial charge is 0.263 e. The lowest BCUT2D eigenvalue weighted by atomic mass is 10.1. The Bertz CT molecular complexity index is 1030. The zero-order valence-corrected chi connectivity index (χ0v) is 19.7. The molecule has 2 aromatic carbocycles. The molecule has 1 aliphatic heterocycles. The largest absolute Gasteiger partial charge is 0.476 e. The lowest BCUT2D eigenvalue weighted by Gasteiger charge is -2.34. The van der Waals surface area contributed by atoms with Crippen molar-refractivity contribution in [2.24, 2.45) is 0 Å². The van der Waals surface area contributed by atoms with Crippen LogP contribution in [-0.2, 0) is 20.6 Å². The summed E-state index contributed by atoms with van der Waals surface area (Å²) in [6.07, 6.45) is 0.202. The van der Waals surface area contributed by atoms with Gasteiger partial charge in [0.15, 0.2) is 6.10 Å². The molecule has 1 aliphatic rings. The number of hydrogen-bond acceptors (Lipinski definition) is 5. The summed E-state index contributed by atoms with van der Waals surface area (Å²) in [7, 11) is -3.55. The molecule has 1 atom stereocenters. The van der Waals surface area contributed by atoms with E-state index in [0.717, 1.165) is 17.4 Å². The molecule has 1 N–H and O–H groups in total. The summed E-state index contributed by atoms with van der Waals surface area (Å²) in [5, 5.41) is 4.04. The molecule has 3 rings (SSSR count). The van der Waals surface area contributed by atoms with Crippen molar-refractivity contribution in [1.29, 1.82) is 0 Å². The topological polar surface area (TPSA) is 75.7 Å². The van der Waals surface area contributed by atoms with Gasteiger partial charge in [-0.15, -0.1) is 0 Å². The van der Waals surface area contributed by atoms with Crippen molar-refractivity contribution < 1.29 is 17.9 Å². The zero-order valence-electron chi connectivity index (χ0n) is 16.5. The summed E-state index contributed by atoms with van der Waals surface area (Å²) in [6, 6.07) is 10.6. The lowest BCUT2D eigenvalue weighted by molar-refractivity contribution is -0.127. The number of ether oxygens (including phenoxy) is 1. The van der Waals surface area contributed by atoms with Gasteiger partial charge in [0.2, 0.25) is 10.0 Å². The highest BCUT2D eigenvalue weighted by Crippen LogP contribution is 2.35. The van der Waals surface area contributed by atoms with Crippen molar-refractivity contribution in [2.45, 2.75) is 18.8 Å². The van der Waals surface area contributed by atoms with Gasteiger partial charge in [0, 0.05) is 28.1 Å². The Morgan fingerprint density at radius 2 is 1.97 bits per heavy atom. The van der Waals surface area contributed by atoms with E-state index in [1.54, 1.807) is 42.1 Å². The van der Waals surface area contributed by atoms with Crippen molar-refractivity contribution in [3.63, 3.8) is 0 Å². The Balaban J connectivity index is 1.56. The fraction of sp³-hybridized carbons (Fsp3) is 0.350. The summed E-state index contributed by atoms with van der Waals surface area (Å²) >= 11 is 13.9. The van der Waals surface area contributed by atoms with E-state index in [-0.39, 0.29) is 12.5 Å². The molecule has 0 radical (unpaired) electrons. The monoisotopic (exact) mass is 488 g/mol. The normalized spacial score (nSPS) is 16.0. The van der Waals surface area contributed by atoms with E-state index in [0.29, 0.717) is 39.5 Å². The molecule has 10 heteroatoms.